The molecule has 1 unspecified atom stereocenters. The van der Waals surface area contributed by atoms with Gasteiger partial charge in [0.25, 0.3) is 0 Å². The number of urea groups is 2. The first-order valence-corrected chi connectivity index (χ1v) is 9.95. The first-order valence-electron chi connectivity index (χ1n) is 9.95. The van der Waals surface area contributed by atoms with E-state index >= 15 is 0 Å². The Labute approximate surface area is 176 Å². The normalized spacial score (nSPS) is 14.3. The number of anilines is 2. The van der Waals surface area contributed by atoms with Crippen molar-refractivity contribution in [1.29, 1.82) is 0 Å². The van der Waals surface area contributed by atoms with Gasteiger partial charge in [0, 0.05) is 24.5 Å². The van der Waals surface area contributed by atoms with Crippen LogP contribution in [0.5, 0.6) is 11.5 Å². The number of carbonyl (C=O) groups excluding carboxylic acids is 2. The van der Waals surface area contributed by atoms with Gasteiger partial charge in [0.1, 0.15) is 0 Å². The molecule has 4 amide bonds. The highest BCUT2D eigenvalue weighted by Gasteiger charge is 2.21. The van der Waals surface area contributed by atoms with Gasteiger partial charge in [0.05, 0.1) is 19.3 Å². The lowest BCUT2D eigenvalue weighted by Gasteiger charge is -2.19. The Morgan fingerprint density at radius 3 is 2.60 bits per heavy atom. The molecule has 1 saturated heterocycles. The molecule has 0 aromatic heterocycles. The van der Waals surface area contributed by atoms with Gasteiger partial charge >= 0.3 is 12.1 Å². The maximum Gasteiger partial charge on any atom is 0.321 e. The molecule has 2 aromatic rings. The Morgan fingerprint density at radius 1 is 1.13 bits per heavy atom. The van der Waals surface area contributed by atoms with Crippen molar-refractivity contribution in [1.82, 2.24) is 10.6 Å². The van der Waals surface area contributed by atoms with Gasteiger partial charge in [0.15, 0.2) is 11.5 Å². The molecule has 8 nitrogen and oxygen atoms in total. The second-order valence-electron chi connectivity index (χ2n) is 7.33. The van der Waals surface area contributed by atoms with Gasteiger partial charge in [-0.1, -0.05) is 12.1 Å². The largest absolute Gasteiger partial charge is 0.493 e. The van der Waals surface area contributed by atoms with E-state index in [1.54, 1.807) is 30.2 Å². The van der Waals surface area contributed by atoms with Gasteiger partial charge in [-0.05, 0) is 56.7 Å². The third kappa shape index (κ3) is 5.14. The monoisotopic (exact) mass is 412 g/mol. The third-order valence-corrected chi connectivity index (χ3v) is 4.67. The Kier molecular flexibility index (Phi) is 6.66. The molecule has 1 fully saturated rings. The summed E-state index contributed by atoms with van der Waals surface area (Å²) < 4.78 is 11.2. The zero-order chi connectivity index (χ0) is 21.7. The van der Waals surface area contributed by atoms with E-state index in [4.69, 9.17) is 9.47 Å². The molecular formula is C22H28N4O4. The maximum atomic E-state index is 12.5. The smallest absolute Gasteiger partial charge is 0.321 e. The molecule has 1 aliphatic rings. The van der Waals surface area contributed by atoms with Crippen LogP contribution in [-0.4, -0.2) is 38.4 Å². The second-order valence-corrected chi connectivity index (χ2v) is 7.33. The third-order valence-electron chi connectivity index (χ3n) is 4.67. The van der Waals surface area contributed by atoms with Crippen LogP contribution >= 0.6 is 0 Å². The molecule has 1 aliphatic heterocycles. The summed E-state index contributed by atoms with van der Waals surface area (Å²) in [4.78, 5) is 26.0. The number of rotatable bonds is 7. The number of amides is 4. The summed E-state index contributed by atoms with van der Waals surface area (Å²) in [6, 6.07) is 12.1. The minimum absolute atomic E-state index is 0.0356. The van der Waals surface area contributed by atoms with E-state index in [0.29, 0.717) is 30.3 Å². The number of nitrogens with one attached hydrogen (secondary N) is 3. The highest BCUT2D eigenvalue weighted by atomic mass is 16.5. The number of hydrogen-bond acceptors (Lipinski definition) is 4. The van der Waals surface area contributed by atoms with Crippen molar-refractivity contribution in [3.63, 3.8) is 0 Å². The summed E-state index contributed by atoms with van der Waals surface area (Å²) in [5.41, 5.74) is 2.23. The lowest BCUT2D eigenvalue weighted by molar-refractivity contribution is 0.230. The average molecular weight is 412 g/mol. The van der Waals surface area contributed by atoms with Crippen LogP contribution in [0, 0.1) is 0 Å². The first-order chi connectivity index (χ1) is 14.4. The van der Waals surface area contributed by atoms with Crippen LogP contribution in [0.25, 0.3) is 0 Å². The van der Waals surface area contributed by atoms with Crippen molar-refractivity contribution < 1.29 is 19.1 Å². The van der Waals surface area contributed by atoms with Crippen molar-refractivity contribution >= 4 is 23.4 Å². The van der Waals surface area contributed by atoms with E-state index in [0.717, 1.165) is 11.3 Å². The molecule has 0 aliphatic carbocycles. The number of nitrogens with zero attached hydrogens (tertiary/aromatic N) is 1. The molecule has 3 rings (SSSR count). The van der Waals surface area contributed by atoms with E-state index in [1.165, 1.54) is 0 Å². The van der Waals surface area contributed by atoms with Crippen LogP contribution in [0.4, 0.5) is 21.0 Å². The molecule has 160 valence electrons. The lowest BCUT2D eigenvalue weighted by atomic mass is 10.1. The number of carbonyl (C=O) groups is 2. The van der Waals surface area contributed by atoms with Gasteiger partial charge in [-0.3, -0.25) is 4.90 Å². The summed E-state index contributed by atoms with van der Waals surface area (Å²) in [6.45, 7) is 7.01. The molecular weight excluding hydrogens is 384 g/mol. The Morgan fingerprint density at radius 2 is 1.93 bits per heavy atom. The molecule has 2 aromatic carbocycles. The maximum absolute atomic E-state index is 12.5. The molecule has 0 saturated carbocycles. The number of hydrogen-bond donors (Lipinski definition) is 3. The van der Waals surface area contributed by atoms with E-state index in [-0.39, 0.29) is 24.2 Å². The Balaban J connectivity index is 1.64. The molecule has 0 bridgehead atoms. The zero-order valence-corrected chi connectivity index (χ0v) is 17.7. The number of ether oxygens (including phenoxy) is 2. The van der Waals surface area contributed by atoms with Crippen molar-refractivity contribution in [2.45, 2.75) is 32.9 Å². The van der Waals surface area contributed by atoms with Gasteiger partial charge in [-0.2, -0.15) is 0 Å². The van der Waals surface area contributed by atoms with Crippen molar-refractivity contribution in [3.05, 3.63) is 48.0 Å². The molecule has 30 heavy (non-hydrogen) atoms. The summed E-state index contributed by atoms with van der Waals surface area (Å²) in [6.07, 6.45) is 0.0356. The zero-order valence-electron chi connectivity index (χ0n) is 17.7. The first kappa shape index (κ1) is 21.3. The predicted molar refractivity (Wildman–Crippen MR) is 117 cm³/mol. The fraction of sp³-hybridized carbons (Fsp3) is 0.364. The fourth-order valence-corrected chi connectivity index (χ4v) is 3.22. The van der Waals surface area contributed by atoms with Gasteiger partial charge in [0.2, 0.25) is 0 Å². The summed E-state index contributed by atoms with van der Waals surface area (Å²) >= 11 is 0. The second kappa shape index (κ2) is 9.39. The molecule has 8 heteroatoms. The van der Waals surface area contributed by atoms with Crippen LogP contribution in [0.2, 0.25) is 0 Å². The molecule has 3 N–H and O–H groups in total. The summed E-state index contributed by atoms with van der Waals surface area (Å²) in [5.74, 6) is 1.28. The quantitative estimate of drug-likeness (QED) is 0.643. The topological polar surface area (TPSA) is 91.9 Å². The van der Waals surface area contributed by atoms with Crippen molar-refractivity contribution in [3.8, 4) is 11.5 Å². The number of methoxy groups -OCH3 is 1. The van der Waals surface area contributed by atoms with E-state index in [1.807, 2.05) is 45.0 Å². The Bertz CT molecular complexity index is 916. The van der Waals surface area contributed by atoms with E-state index < -0.39 is 0 Å². The SMILES string of the molecule is COc1cc(C(C)NC(=O)Nc2cccc(N3CCNC3=O)c2)ccc1OC(C)C. The standard InChI is InChI=1S/C22H28N4O4/c1-14(2)30-19-9-8-16(12-20(19)29-4)15(3)24-21(27)25-17-6-5-7-18(13-17)26-11-10-23-22(26)28/h5-9,12-15H,10-11H2,1-4H3,(H,23,28)(H2,24,25,27). The molecule has 1 heterocycles. The van der Waals surface area contributed by atoms with E-state index in [9.17, 15) is 9.59 Å². The van der Waals surface area contributed by atoms with Crippen LogP contribution in [0.15, 0.2) is 42.5 Å². The van der Waals surface area contributed by atoms with Gasteiger partial charge in [-0.25, -0.2) is 9.59 Å². The average Bonchev–Trinajstić information content (AvgIpc) is 3.13. The lowest BCUT2D eigenvalue weighted by Crippen LogP contribution is -2.31. The van der Waals surface area contributed by atoms with Crippen LogP contribution in [0.1, 0.15) is 32.4 Å². The minimum atomic E-state index is -0.341. The highest BCUT2D eigenvalue weighted by molar-refractivity contribution is 5.95. The van der Waals surface area contributed by atoms with Crippen molar-refractivity contribution in [2.75, 3.05) is 30.4 Å². The van der Waals surface area contributed by atoms with Crippen LogP contribution in [0.3, 0.4) is 0 Å². The van der Waals surface area contributed by atoms with Gasteiger partial charge in [-0.15, -0.1) is 0 Å². The highest BCUT2D eigenvalue weighted by Crippen LogP contribution is 2.31. The Hall–Kier alpha value is -3.42. The fourth-order valence-electron chi connectivity index (χ4n) is 3.22. The predicted octanol–water partition coefficient (Wildman–Crippen LogP) is 3.89. The summed E-state index contributed by atoms with van der Waals surface area (Å²) in [5, 5.41) is 8.50. The van der Waals surface area contributed by atoms with Gasteiger partial charge < -0.3 is 25.4 Å². The minimum Gasteiger partial charge on any atom is -0.493 e. The number of benzene rings is 2. The van der Waals surface area contributed by atoms with E-state index in [2.05, 4.69) is 16.0 Å². The van der Waals surface area contributed by atoms with Crippen molar-refractivity contribution in [2.24, 2.45) is 0 Å². The molecule has 0 spiro atoms. The molecule has 1 atom stereocenters. The molecule has 0 radical (unpaired) electrons. The summed E-state index contributed by atoms with van der Waals surface area (Å²) in [7, 11) is 1.59. The van der Waals surface area contributed by atoms with Crippen LogP contribution < -0.4 is 30.3 Å². The van der Waals surface area contributed by atoms with Crippen LogP contribution in [-0.2, 0) is 0 Å².